The molecule has 0 aliphatic heterocycles. The third kappa shape index (κ3) is 1.80. The molecule has 0 radical (unpaired) electrons. The van der Waals surface area contributed by atoms with Gasteiger partial charge in [0.2, 0.25) is 11.7 Å². The average Bonchev–Trinajstić information content (AvgIpc) is 2.66. The highest BCUT2D eigenvalue weighted by Gasteiger charge is 2.06. The number of hydrogen-bond acceptors (Lipinski definition) is 4. The maximum Gasteiger partial charge on any atom is 0.236 e. The minimum absolute atomic E-state index is 0.471. The van der Waals surface area contributed by atoms with Crippen LogP contribution in [-0.2, 0) is 5.75 Å². The van der Waals surface area contributed by atoms with Crippen molar-refractivity contribution in [3.05, 3.63) is 35.7 Å². The van der Waals surface area contributed by atoms with Crippen LogP contribution >= 0.6 is 12.6 Å². The number of thiol groups is 1. The van der Waals surface area contributed by atoms with Crippen LogP contribution in [0.4, 0.5) is 0 Å². The molecule has 1 heterocycles. The molecule has 1 aromatic carbocycles. The van der Waals surface area contributed by atoms with Crippen molar-refractivity contribution < 1.29 is 4.52 Å². The van der Waals surface area contributed by atoms with Crippen molar-refractivity contribution in [3.63, 3.8) is 0 Å². The molecule has 2 aromatic rings. The van der Waals surface area contributed by atoms with Crippen LogP contribution in [-0.4, -0.2) is 10.1 Å². The molecule has 0 fully saturated rings. The summed E-state index contributed by atoms with van der Waals surface area (Å²) in [5, 5.41) is 3.86. The summed E-state index contributed by atoms with van der Waals surface area (Å²) in [5.74, 6) is 1.64. The molecule has 0 atom stereocenters. The van der Waals surface area contributed by atoms with Crippen LogP contribution < -0.4 is 0 Å². The van der Waals surface area contributed by atoms with Crippen LogP contribution in [0, 0.1) is 6.92 Å². The monoisotopic (exact) mass is 206 g/mol. The molecule has 72 valence electrons. The largest absolute Gasteiger partial charge is 0.338 e. The van der Waals surface area contributed by atoms with Gasteiger partial charge >= 0.3 is 0 Å². The summed E-state index contributed by atoms with van der Waals surface area (Å²) < 4.78 is 4.97. The molecule has 0 amide bonds. The Bertz CT molecular complexity index is 439. The normalized spacial score (nSPS) is 10.4. The van der Waals surface area contributed by atoms with E-state index in [0.717, 1.165) is 5.56 Å². The third-order valence-corrected chi connectivity index (χ3v) is 2.15. The Morgan fingerprint density at radius 3 is 2.93 bits per heavy atom. The van der Waals surface area contributed by atoms with E-state index in [1.165, 1.54) is 5.56 Å². The van der Waals surface area contributed by atoms with Gasteiger partial charge in [0.05, 0.1) is 5.75 Å². The SMILES string of the molecule is Cc1cccc(-c2noc(CS)n2)c1. The first-order valence-electron chi connectivity index (χ1n) is 4.30. The van der Waals surface area contributed by atoms with E-state index >= 15 is 0 Å². The van der Waals surface area contributed by atoms with Gasteiger partial charge in [-0.2, -0.15) is 17.6 Å². The Kier molecular flexibility index (Phi) is 2.54. The quantitative estimate of drug-likeness (QED) is 0.767. The zero-order valence-corrected chi connectivity index (χ0v) is 8.66. The molecule has 0 bridgehead atoms. The lowest BCUT2D eigenvalue weighted by molar-refractivity contribution is 0.392. The first-order chi connectivity index (χ1) is 6.79. The smallest absolute Gasteiger partial charge is 0.236 e. The Hall–Kier alpha value is -1.29. The second-order valence-corrected chi connectivity index (χ2v) is 3.36. The first-order valence-corrected chi connectivity index (χ1v) is 4.93. The van der Waals surface area contributed by atoms with Crippen molar-refractivity contribution >= 4 is 12.6 Å². The number of benzene rings is 1. The fourth-order valence-electron chi connectivity index (χ4n) is 1.22. The highest BCUT2D eigenvalue weighted by molar-refractivity contribution is 7.79. The van der Waals surface area contributed by atoms with E-state index in [1.807, 2.05) is 31.2 Å². The molecule has 0 spiro atoms. The van der Waals surface area contributed by atoms with Gasteiger partial charge < -0.3 is 4.52 Å². The van der Waals surface area contributed by atoms with Gasteiger partial charge in [-0.15, -0.1) is 0 Å². The van der Waals surface area contributed by atoms with Crippen LogP contribution in [0.15, 0.2) is 28.8 Å². The van der Waals surface area contributed by atoms with Gasteiger partial charge in [-0.1, -0.05) is 28.9 Å². The summed E-state index contributed by atoms with van der Waals surface area (Å²) in [7, 11) is 0. The van der Waals surface area contributed by atoms with Crippen molar-refractivity contribution in [2.75, 3.05) is 0 Å². The molecule has 14 heavy (non-hydrogen) atoms. The lowest BCUT2D eigenvalue weighted by Gasteiger charge is -1.94. The van der Waals surface area contributed by atoms with E-state index in [-0.39, 0.29) is 0 Å². The fourth-order valence-corrected chi connectivity index (χ4v) is 1.35. The Balaban J connectivity index is 2.39. The summed E-state index contributed by atoms with van der Waals surface area (Å²) in [6, 6.07) is 7.98. The number of aromatic nitrogens is 2. The molecule has 1 aromatic heterocycles. The van der Waals surface area contributed by atoms with Gasteiger partial charge in [-0.3, -0.25) is 0 Å². The lowest BCUT2D eigenvalue weighted by atomic mass is 10.1. The van der Waals surface area contributed by atoms with Crippen molar-refractivity contribution in [3.8, 4) is 11.4 Å². The zero-order valence-electron chi connectivity index (χ0n) is 7.77. The van der Waals surface area contributed by atoms with E-state index in [1.54, 1.807) is 0 Å². The zero-order chi connectivity index (χ0) is 9.97. The molecule has 0 saturated heterocycles. The maximum atomic E-state index is 4.97. The molecule has 0 N–H and O–H groups in total. The summed E-state index contributed by atoms with van der Waals surface area (Å²) in [5.41, 5.74) is 2.15. The number of rotatable bonds is 2. The molecular weight excluding hydrogens is 196 g/mol. The predicted octanol–water partition coefficient (Wildman–Crippen LogP) is 2.47. The molecule has 0 unspecified atom stereocenters. The number of nitrogens with zero attached hydrogens (tertiary/aromatic N) is 2. The Labute approximate surface area is 87.6 Å². The Morgan fingerprint density at radius 1 is 1.43 bits per heavy atom. The van der Waals surface area contributed by atoms with Gasteiger partial charge in [0.1, 0.15) is 0 Å². The van der Waals surface area contributed by atoms with E-state index in [0.29, 0.717) is 17.5 Å². The van der Waals surface area contributed by atoms with Gasteiger partial charge in [0, 0.05) is 5.56 Å². The van der Waals surface area contributed by atoms with Gasteiger partial charge in [-0.05, 0) is 13.0 Å². The second-order valence-electron chi connectivity index (χ2n) is 3.04. The molecule has 4 heteroatoms. The molecule has 0 saturated carbocycles. The average molecular weight is 206 g/mol. The van der Waals surface area contributed by atoms with E-state index in [2.05, 4.69) is 22.8 Å². The van der Waals surface area contributed by atoms with E-state index < -0.39 is 0 Å². The molecule has 0 aliphatic carbocycles. The van der Waals surface area contributed by atoms with Crippen molar-refractivity contribution in [2.24, 2.45) is 0 Å². The summed E-state index contributed by atoms with van der Waals surface area (Å²) in [6.07, 6.45) is 0. The lowest BCUT2D eigenvalue weighted by Crippen LogP contribution is -1.82. The topological polar surface area (TPSA) is 38.9 Å². The summed E-state index contributed by atoms with van der Waals surface area (Å²) in [4.78, 5) is 4.19. The van der Waals surface area contributed by atoms with Crippen LogP contribution in [0.5, 0.6) is 0 Å². The van der Waals surface area contributed by atoms with Crippen LogP contribution in [0.3, 0.4) is 0 Å². The minimum Gasteiger partial charge on any atom is -0.338 e. The van der Waals surface area contributed by atoms with Gasteiger partial charge in [0.25, 0.3) is 0 Å². The van der Waals surface area contributed by atoms with Crippen molar-refractivity contribution in [1.82, 2.24) is 10.1 Å². The highest BCUT2D eigenvalue weighted by Crippen LogP contribution is 2.17. The first kappa shape index (κ1) is 9.27. The van der Waals surface area contributed by atoms with E-state index in [4.69, 9.17) is 4.52 Å². The Morgan fingerprint density at radius 2 is 2.29 bits per heavy atom. The minimum atomic E-state index is 0.471. The number of aryl methyl sites for hydroxylation is 1. The summed E-state index contributed by atoms with van der Waals surface area (Å²) >= 11 is 4.06. The highest BCUT2D eigenvalue weighted by atomic mass is 32.1. The molecule has 0 aliphatic rings. The van der Waals surface area contributed by atoms with Crippen molar-refractivity contribution in [2.45, 2.75) is 12.7 Å². The predicted molar refractivity (Wildman–Crippen MR) is 57.2 cm³/mol. The van der Waals surface area contributed by atoms with Crippen LogP contribution in [0.2, 0.25) is 0 Å². The number of hydrogen-bond donors (Lipinski definition) is 1. The van der Waals surface area contributed by atoms with Crippen LogP contribution in [0.1, 0.15) is 11.5 Å². The fraction of sp³-hybridized carbons (Fsp3) is 0.200. The van der Waals surface area contributed by atoms with Gasteiger partial charge in [0.15, 0.2) is 0 Å². The molecule has 3 nitrogen and oxygen atoms in total. The molecule has 2 rings (SSSR count). The van der Waals surface area contributed by atoms with Gasteiger partial charge in [-0.25, -0.2) is 0 Å². The summed E-state index contributed by atoms with van der Waals surface area (Å²) in [6.45, 7) is 2.03. The maximum absolute atomic E-state index is 4.97. The second kappa shape index (κ2) is 3.84. The standard InChI is InChI=1S/C10H10N2OS/c1-7-3-2-4-8(5-7)10-11-9(6-14)13-12-10/h2-5,14H,6H2,1H3. The van der Waals surface area contributed by atoms with E-state index in [9.17, 15) is 0 Å². The van der Waals surface area contributed by atoms with Crippen molar-refractivity contribution in [1.29, 1.82) is 0 Å². The molecular formula is C10H10N2OS. The third-order valence-electron chi connectivity index (χ3n) is 1.88. The van der Waals surface area contributed by atoms with Crippen LogP contribution in [0.25, 0.3) is 11.4 Å².